The fourth-order valence-electron chi connectivity index (χ4n) is 1.93. The van der Waals surface area contributed by atoms with Gasteiger partial charge >= 0.3 is 0 Å². The van der Waals surface area contributed by atoms with Crippen molar-refractivity contribution in [3.63, 3.8) is 0 Å². The van der Waals surface area contributed by atoms with Crippen molar-refractivity contribution < 1.29 is 0 Å². The van der Waals surface area contributed by atoms with Gasteiger partial charge in [0, 0.05) is 16.6 Å². The molecule has 0 bridgehead atoms. The van der Waals surface area contributed by atoms with E-state index in [0.29, 0.717) is 22.6 Å². The average Bonchev–Trinajstić information content (AvgIpc) is 2.42. The molecule has 0 fully saturated rings. The maximum absolute atomic E-state index is 12.3. The van der Waals surface area contributed by atoms with Gasteiger partial charge in [0.2, 0.25) is 0 Å². The van der Waals surface area contributed by atoms with Gasteiger partial charge < -0.3 is 0 Å². The highest BCUT2D eigenvalue weighted by molar-refractivity contribution is 6.30. The highest BCUT2D eigenvalue weighted by Gasteiger charge is 2.05. The van der Waals surface area contributed by atoms with E-state index in [9.17, 15) is 4.79 Å². The molecule has 0 aliphatic heterocycles. The second-order valence-electron chi connectivity index (χ2n) is 4.16. The first-order valence-corrected chi connectivity index (χ1v) is 6.17. The molecular formula is C14H10ClN3O. The Labute approximate surface area is 114 Å². The number of halogens is 1. The average molecular weight is 272 g/mol. The number of aromatic nitrogens is 3. The van der Waals surface area contributed by atoms with Gasteiger partial charge in [0.1, 0.15) is 0 Å². The Morgan fingerprint density at radius 3 is 2.89 bits per heavy atom. The van der Waals surface area contributed by atoms with E-state index in [0.717, 1.165) is 5.39 Å². The van der Waals surface area contributed by atoms with Crippen molar-refractivity contribution in [1.82, 2.24) is 14.8 Å². The fraction of sp³-hybridized carbons (Fsp3) is 0.0714. The van der Waals surface area contributed by atoms with Crippen LogP contribution < -0.4 is 5.56 Å². The molecule has 0 atom stereocenters. The molecule has 0 aliphatic carbocycles. The van der Waals surface area contributed by atoms with Crippen molar-refractivity contribution in [1.29, 1.82) is 0 Å². The lowest BCUT2D eigenvalue weighted by atomic mass is 10.2. The summed E-state index contributed by atoms with van der Waals surface area (Å²) in [5, 5.41) is 6.24. The standard InChI is InChI=1S/C14H10ClN3O/c15-11-5-6-16-12(7-11)9-18-14(19)13-4-2-1-3-10(13)8-17-18/h1-8H,9H2. The Morgan fingerprint density at radius 2 is 2.05 bits per heavy atom. The molecule has 19 heavy (non-hydrogen) atoms. The molecule has 0 spiro atoms. The molecule has 4 nitrogen and oxygen atoms in total. The number of benzene rings is 1. The predicted molar refractivity (Wildman–Crippen MR) is 74.4 cm³/mol. The summed E-state index contributed by atoms with van der Waals surface area (Å²) in [6.45, 7) is 0.310. The van der Waals surface area contributed by atoms with Crippen LogP contribution in [0.5, 0.6) is 0 Å². The van der Waals surface area contributed by atoms with Crippen molar-refractivity contribution in [3.8, 4) is 0 Å². The summed E-state index contributed by atoms with van der Waals surface area (Å²) in [5.41, 5.74) is 0.581. The zero-order valence-electron chi connectivity index (χ0n) is 9.95. The van der Waals surface area contributed by atoms with Gasteiger partial charge in [-0.2, -0.15) is 5.10 Å². The van der Waals surface area contributed by atoms with Gasteiger partial charge in [0.25, 0.3) is 5.56 Å². The van der Waals surface area contributed by atoms with E-state index in [1.807, 2.05) is 18.2 Å². The zero-order valence-corrected chi connectivity index (χ0v) is 10.7. The summed E-state index contributed by atoms with van der Waals surface area (Å²) >= 11 is 5.90. The van der Waals surface area contributed by atoms with Crippen LogP contribution in [0.15, 0.2) is 53.6 Å². The molecule has 2 heterocycles. The molecule has 2 aromatic heterocycles. The first-order chi connectivity index (χ1) is 9.24. The Hall–Kier alpha value is -2.20. The summed E-state index contributed by atoms with van der Waals surface area (Å²) in [7, 11) is 0. The number of nitrogens with zero attached hydrogens (tertiary/aromatic N) is 3. The van der Waals surface area contributed by atoms with E-state index < -0.39 is 0 Å². The van der Waals surface area contributed by atoms with E-state index in [1.54, 1.807) is 30.6 Å². The van der Waals surface area contributed by atoms with Crippen molar-refractivity contribution in [2.24, 2.45) is 0 Å². The van der Waals surface area contributed by atoms with Gasteiger partial charge in [-0.1, -0.05) is 29.8 Å². The summed E-state index contributed by atoms with van der Waals surface area (Å²) in [6.07, 6.45) is 3.30. The van der Waals surface area contributed by atoms with Crippen LogP contribution in [0.4, 0.5) is 0 Å². The number of hydrogen-bond donors (Lipinski definition) is 0. The molecule has 0 radical (unpaired) electrons. The minimum absolute atomic E-state index is 0.125. The highest BCUT2D eigenvalue weighted by atomic mass is 35.5. The van der Waals surface area contributed by atoms with Crippen LogP contribution in [0.25, 0.3) is 10.8 Å². The third-order valence-electron chi connectivity index (χ3n) is 2.85. The third-order valence-corrected chi connectivity index (χ3v) is 3.09. The number of fused-ring (bicyclic) bond motifs is 1. The van der Waals surface area contributed by atoms with Crippen molar-refractivity contribution in [2.75, 3.05) is 0 Å². The number of rotatable bonds is 2. The SMILES string of the molecule is O=c1c2ccccc2cnn1Cc1cc(Cl)ccn1. The van der Waals surface area contributed by atoms with Crippen LogP contribution in [0.3, 0.4) is 0 Å². The topological polar surface area (TPSA) is 47.8 Å². The van der Waals surface area contributed by atoms with E-state index in [-0.39, 0.29) is 5.56 Å². The van der Waals surface area contributed by atoms with Crippen LogP contribution in [0.1, 0.15) is 5.69 Å². The second kappa shape index (κ2) is 4.82. The number of pyridine rings is 1. The van der Waals surface area contributed by atoms with Gasteiger partial charge in [0.15, 0.2) is 0 Å². The Kier molecular flexibility index (Phi) is 3.01. The van der Waals surface area contributed by atoms with Crippen LogP contribution in [-0.2, 0) is 6.54 Å². The van der Waals surface area contributed by atoms with E-state index >= 15 is 0 Å². The van der Waals surface area contributed by atoms with Gasteiger partial charge in [-0.15, -0.1) is 0 Å². The number of hydrogen-bond acceptors (Lipinski definition) is 3. The smallest absolute Gasteiger partial charge is 0.267 e. The van der Waals surface area contributed by atoms with Gasteiger partial charge in [-0.05, 0) is 18.2 Å². The van der Waals surface area contributed by atoms with Gasteiger partial charge in [-0.3, -0.25) is 9.78 Å². The van der Waals surface area contributed by atoms with Crippen LogP contribution in [-0.4, -0.2) is 14.8 Å². The maximum Gasteiger partial charge on any atom is 0.274 e. The Morgan fingerprint density at radius 1 is 1.21 bits per heavy atom. The molecule has 3 aromatic rings. The normalized spacial score (nSPS) is 10.8. The fourth-order valence-corrected chi connectivity index (χ4v) is 2.11. The lowest BCUT2D eigenvalue weighted by Gasteiger charge is -2.05. The van der Waals surface area contributed by atoms with Crippen molar-refractivity contribution in [2.45, 2.75) is 6.54 Å². The zero-order chi connectivity index (χ0) is 13.2. The summed E-state index contributed by atoms with van der Waals surface area (Å²) in [4.78, 5) is 16.4. The summed E-state index contributed by atoms with van der Waals surface area (Å²) in [6, 6.07) is 10.8. The van der Waals surface area contributed by atoms with Crippen LogP contribution >= 0.6 is 11.6 Å². The molecular weight excluding hydrogens is 262 g/mol. The molecule has 0 saturated carbocycles. The van der Waals surface area contributed by atoms with E-state index in [4.69, 9.17) is 11.6 Å². The first-order valence-electron chi connectivity index (χ1n) is 5.79. The molecule has 0 unspecified atom stereocenters. The molecule has 5 heteroatoms. The molecule has 3 rings (SSSR count). The lowest BCUT2D eigenvalue weighted by molar-refractivity contribution is 0.636. The third kappa shape index (κ3) is 2.35. The Bertz CT molecular complexity index is 798. The molecule has 0 N–H and O–H groups in total. The molecule has 0 aliphatic rings. The molecule has 0 amide bonds. The minimum atomic E-state index is -0.125. The van der Waals surface area contributed by atoms with Crippen molar-refractivity contribution in [3.05, 3.63) is 69.9 Å². The summed E-state index contributed by atoms with van der Waals surface area (Å²) in [5.74, 6) is 0. The van der Waals surface area contributed by atoms with Gasteiger partial charge in [0.05, 0.1) is 23.8 Å². The maximum atomic E-state index is 12.3. The van der Waals surface area contributed by atoms with Crippen LogP contribution in [0, 0.1) is 0 Å². The second-order valence-corrected chi connectivity index (χ2v) is 4.60. The van der Waals surface area contributed by atoms with Gasteiger partial charge in [-0.25, -0.2) is 4.68 Å². The predicted octanol–water partition coefficient (Wildman–Crippen LogP) is 2.49. The quantitative estimate of drug-likeness (QED) is 0.719. The van der Waals surface area contributed by atoms with E-state index in [2.05, 4.69) is 10.1 Å². The molecule has 1 aromatic carbocycles. The monoisotopic (exact) mass is 271 g/mol. The summed E-state index contributed by atoms with van der Waals surface area (Å²) < 4.78 is 1.39. The van der Waals surface area contributed by atoms with Crippen LogP contribution in [0.2, 0.25) is 5.02 Å². The molecule has 0 saturated heterocycles. The van der Waals surface area contributed by atoms with E-state index in [1.165, 1.54) is 4.68 Å². The molecule has 94 valence electrons. The largest absolute Gasteiger partial charge is 0.274 e. The Balaban J connectivity index is 2.06. The first kappa shape index (κ1) is 11.9. The highest BCUT2D eigenvalue weighted by Crippen LogP contribution is 2.10. The van der Waals surface area contributed by atoms with Crippen molar-refractivity contribution >= 4 is 22.4 Å². The minimum Gasteiger partial charge on any atom is -0.267 e. The lowest BCUT2D eigenvalue weighted by Crippen LogP contribution is -2.23.